The monoisotopic (exact) mass is 241 g/mol. The van der Waals surface area contributed by atoms with Gasteiger partial charge in [-0.25, -0.2) is 8.78 Å². The van der Waals surface area contributed by atoms with Gasteiger partial charge in [-0.3, -0.25) is 9.59 Å². The molecular formula is C12H13F2NO2. The van der Waals surface area contributed by atoms with Gasteiger partial charge in [0, 0.05) is 12.0 Å². The molecule has 1 amide bonds. The highest BCUT2D eigenvalue weighted by Crippen LogP contribution is 2.08. The largest absolute Gasteiger partial charge is 0.349 e. The number of nitrogens with one attached hydrogen (secondary N) is 1. The average molecular weight is 241 g/mol. The molecule has 0 aliphatic carbocycles. The summed E-state index contributed by atoms with van der Waals surface area (Å²) in [5.74, 6) is -2.76. The van der Waals surface area contributed by atoms with Gasteiger partial charge >= 0.3 is 0 Å². The van der Waals surface area contributed by atoms with Gasteiger partial charge in [0.15, 0.2) is 17.4 Å². The van der Waals surface area contributed by atoms with E-state index >= 15 is 0 Å². The first-order valence-electron chi connectivity index (χ1n) is 5.29. The van der Waals surface area contributed by atoms with E-state index in [9.17, 15) is 18.4 Å². The first kappa shape index (κ1) is 13.3. The highest BCUT2D eigenvalue weighted by atomic mass is 19.2. The topological polar surface area (TPSA) is 46.2 Å². The van der Waals surface area contributed by atoms with Gasteiger partial charge in [0.25, 0.3) is 0 Å². The first-order valence-corrected chi connectivity index (χ1v) is 5.29. The Morgan fingerprint density at radius 3 is 2.53 bits per heavy atom. The molecule has 0 bridgehead atoms. The predicted octanol–water partition coefficient (Wildman–Crippen LogP) is 2.06. The van der Waals surface area contributed by atoms with Gasteiger partial charge in [-0.15, -0.1) is 0 Å². The highest BCUT2D eigenvalue weighted by molar-refractivity contribution is 5.99. The molecule has 1 N–H and O–H groups in total. The van der Waals surface area contributed by atoms with E-state index in [4.69, 9.17) is 0 Å². The molecule has 0 unspecified atom stereocenters. The van der Waals surface area contributed by atoms with Crippen LogP contribution < -0.4 is 5.32 Å². The zero-order valence-electron chi connectivity index (χ0n) is 9.43. The fourth-order valence-electron chi connectivity index (χ4n) is 1.27. The molecule has 0 saturated heterocycles. The molecule has 92 valence electrons. The standard InChI is InChI=1S/C12H13F2NO2/c1-2-3-12(17)15-7-11(16)8-4-5-9(13)10(14)6-8/h4-6H,2-3,7H2,1H3,(H,15,17). The minimum absolute atomic E-state index is 0.0423. The Bertz CT molecular complexity index is 433. The van der Waals surface area contributed by atoms with Crippen molar-refractivity contribution in [1.82, 2.24) is 5.32 Å². The lowest BCUT2D eigenvalue weighted by Gasteiger charge is -2.04. The summed E-state index contributed by atoms with van der Waals surface area (Å²) < 4.78 is 25.5. The van der Waals surface area contributed by atoms with Crippen LogP contribution in [0.5, 0.6) is 0 Å². The van der Waals surface area contributed by atoms with Gasteiger partial charge in [-0.05, 0) is 24.6 Å². The molecule has 0 aliphatic rings. The van der Waals surface area contributed by atoms with Crippen molar-refractivity contribution >= 4 is 11.7 Å². The zero-order valence-corrected chi connectivity index (χ0v) is 9.43. The summed E-state index contributed by atoms with van der Waals surface area (Å²) in [6.45, 7) is 1.64. The van der Waals surface area contributed by atoms with Crippen LogP contribution in [0, 0.1) is 11.6 Å². The Morgan fingerprint density at radius 1 is 1.24 bits per heavy atom. The number of rotatable bonds is 5. The van der Waals surface area contributed by atoms with E-state index in [2.05, 4.69) is 5.32 Å². The second-order valence-corrected chi connectivity index (χ2v) is 3.58. The van der Waals surface area contributed by atoms with E-state index in [-0.39, 0.29) is 18.0 Å². The molecule has 0 spiro atoms. The van der Waals surface area contributed by atoms with Crippen molar-refractivity contribution in [3.05, 3.63) is 35.4 Å². The van der Waals surface area contributed by atoms with E-state index < -0.39 is 17.4 Å². The summed E-state index contributed by atoms with van der Waals surface area (Å²) in [4.78, 5) is 22.6. The van der Waals surface area contributed by atoms with E-state index in [1.807, 2.05) is 6.92 Å². The minimum atomic E-state index is -1.07. The van der Waals surface area contributed by atoms with Gasteiger partial charge < -0.3 is 5.32 Å². The predicted molar refractivity (Wildman–Crippen MR) is 58.6 cm³/mol. The number of benzene rings is 1. The molecule has 1 aromatic rings. The Labute approximate surface area is 97.8 Å². The lowest BCUT2D eigenvalue weighted by molar-refractivity contribution is -0.120. The SMILES string of the molecule is CCCC(=O)NCC(=O)c1ccc(F)c(F)c1. The van der Waals surface area contributed by atoms with Crippen LogP contribution in [0.15, 0.2) is 18.2 Å². The lowest BCUT2D eigenvalue weighted by Crippen LogP contribution is -2.29. The fourth-order valence-corrected chi connectivity index (χ4v) is 1.27. The number of carbonyl (C=O) groups excluding carboxylic acids is 2. The smallest absolute Gasteiger partial charge is 0.220 e. The average Bonchev–Trinajstić information content (AvgIpc) is 2.30. The molecule has 0 fully saturated rings. The van der Waals surface area contributed by atoms with Crippen molar-refractivity contribution in [2.24, 2.45) is 0 Å². The summed E-state index contributed by atoms with van der Waals surface area (Å²) in [5, 5.41) is 2.41. The van der Waals surface area contributed by atoms with Crippen molar-refractivity contribution in [3.8, 4) is 0 Å². The number of Topliss-reactive ketones (excluding diaryl/α,β-unsaturated/α-hetero) is 1. The van der Waals surface area contributed by atoms with Crippen molar-refractivity contribution in [2.75, 3.05) is 6.54 Å². The van der Waals surface area contributed by atoms with Gasteiger partial charge in [-0.2, -0.15) is 0 Å². The van der Waals surface area contributed by atoms with E-state index in [0.29, 0.717) is 12.8 Å². The molecule has 0 aliphatic heterocycles. The zero-order chi connectivity index (χ0) is 12.8. The van der Waals surface area contributed by atoms with Crippen LogP contribution in [0.2, 0.25) is 0 Å². The van der Waals surface area contributed by atoms with Crippen molar-refractivity contribution in [3.63, 3.8) is 0 Å². The molecule has 0 saturated carbocycles. The molecule has 0 aromatic heterocycles. The van der Waals surface area contributed by atoms with E-state index in [1.54, 1.807) is 0 Å². The molecular weight excluding hydrogens is 228 g/mol. The Balaban J connectivity index is 2.58. The number of ketones is 1. The van der Waals surface area contributed by atoms with Crippen molar-refractivity contribution in [2.45, 2.75) is 19.8 Å². The maximum Gasteiger partial charge on any atom is 0.220 e. The Hall–Kier alpha value is -1.78. The van der Waals surface area contributed by atoms with Gasteiger partial charge in [0.2, 0.25) is 5.91 Å². The van der Waals surface area contributed by atoms with Crippen LogP contribution >= 0.6 is 0 Å². The lowest BCUT2D eigenvalue weighted by atomic mass is 10.1. The molecule has 0 heterocycles. The minimum Gasteiger partial charge on any atom is -0.349 e. The number of carbonyl (C=O) groups is 2. The molecule has 3 nitrogen and oxygen atoms in total. The number of hydrogen-bond donors (Lipinski definition) is 1. The molecule has 1 aromatic carbocycles. The van der Waals surface area contributed by atoms with Crippen molar-refractivity contribution < 1.29 is 18.4 Å². The third-order valence-electron chi connectivity index (χ3n) is 2.16. The van der Waals surface area contributed by atoms with E-state index in [1.165, 1.54) is 6.07 Å². The van der Waals surface area contributed by atoms with Gasteiger partial charge in [0.05, 0.1) is 6.54 Å². The normalized spacial score (nSPS) is 10.1. The molecule has 17 heavy (non-hydrogen) atoms. The maximum absolute atomic E-state index is 12.8. The second kappa shape index (κ2) is 6.08. The number of amides is 1. The molecule has 0 radical (unpaired) electrons. The highest BCUT2D eigenvalue weighted by Gasteiger charge is 2.10. The Morgan fingerprint density at radius 2 is 1.94 bits per heavy atom. The third-order valence-corrected chi connectivity index (χ3v) is 2.16. The van der Waals surface area contributed by atoms with Crippen LogP contribution in [0.3, 0.4) is 0 Å². The van der Waals surface area contributed by atoms with Crippen LogP contribution in [0.1, 0.15) is 30.1 Å². The number of hydrogen-bond acceptors (Lipinski definition) is 2. The summed E-state index contributed by atoms with van der Waals surface area (Å²) in [5.41, 5.74) is 0.0423. The molecule has 1 rings (SSSR count). The second-order valence-electron chi connectivity index (χ2n) is 3.58. The van der Waals surface area contributed by atoms with Crippen LogP contribution in [-0.2, 0) is 4.79 Å². The van der Waals surface area contributed by atoms with Crippen LogP contribution in [0.25, 0.3) is 0 Å². The van der Waals surface area contributed by atoms with Gasteiger partial charge in [-0.1, -0.05) is 6.92 Å². The summed E-state index contributed by atoms with van der Waals surface area (Å²) in [7, 11) is 0. The molecule has 0 atom stereocenters. The fraction of sp³-hybridized carbons (Fsp3) is 0.333. The maximum atomic E-state index is 12.8. The van der Waals surface area contributed by atoms with E-state index in [0.717, 1.165) is 12.1 Å². The first-order chi connectivity index (χ1) is 8.04. The molecule has 5 heteroatoms. The number of halogens is 2. The summed E-state index contributed by atoms with van der Waals surface area (Å²) in [6.07, 6.45) is 1.02. The Kier molecular flexibility index (Phi) is 4.75. The third kappa shape index (κ3) is 3.94. The van der Waals surface area contributed by atoms with Crippen LogP contribution in [0.4, 0.5) is 8.78 Å². The summed E-state index contributed by atoms with van der Waals surface area (Å²) in [6, 6.07) is 2.90. The van der Waals surface area contributed by atoms with Gasteiger partial charge in [0.1, 0.15) is 0 Å². The van der Waals surface area contributed by atoms with Crippen LogP contribution in [-0.4, -0.2) is 18.2 Å². The van der Waals surface area contributed by atoms with Crippen molar-refractivity contribution in [1.29, 1.82) is 0 Å². The summed E-state index contributed by atoms with van der Waals surface area (Å²) >= 11 is 0. The quantitative estimate of drug-likeness (QED) is 0.802.